The van der Waals surface area contributed by atoms with E-state index in [1.165, 1.54) is 4.57 Å². The summed E-state index contributed by atoms with van der Waals surface area (Å²) in [5.74, 6) is 0.435. The second-order valence-corrected chi connectivity index (χ2v) is 9.22. The summed E-state index contributed by atoms with van der Waals surface area (Å²) in [7, 11) is 0. The van der Waals surface area contributed by atoms with Crippen LogP contribution in [0.3, 0.4) is 0 Å². The maximum Gasteiger partial charge on any atom is 0.332 e. The molecule has 4 rings (SSSR count). The van der Waals surface area contributed by atoms with Crippen LogP contribution in [0.25, 0.3) is 0 Å². The van der Waals surface area contributed by atoms with E-state index in [2.05, 4.69) is 17.0 Å². The minimum atomic E-state index is -0.304. The number of unbranched alkanes of at least 4 members (excludes halogenated alkanes) is 2. The second-order valence-electron chi connectivity index (χ2n) is 8.34. The van der Waals surface area contributed by atoms with E-state index in [0.29, 0.717) is 60.5 Å². The first-order valence-electron chi connectivity index (χ1n) is 11.3. The molecule has 0 aliphatic carbocycles. The normalized spacial score (nSPS) is 12.8. The lowest BCUT2D eigenvalue weighted by Gasteiger charge is -2.14. The highest BCUT2D eigenvalue weighted by atomic mass is 35.5. The smallest absolute Gasteiger partial charge is 0.278 e. The molecular weight excluding hydrogens is 461 g/mol. The topological polar surface area (TPSA) is 74.2 Å². The summed E-state index contributed by atoms with van der Waals surface area (Å²) in [5.41, 5.74) is 2.07. The Bertz CT molecular complexity index is 1290. The predicted molar refractivity (Wildman–Crippen MR) is 132 cm³/mol. The van der Waals surface area contributed by atoms with Gasteiger partial charge in [0.25, 0.3) is 5.56 Å². The number of rotatable bonds is 10. The SMILES string of the molecule is CCCCCn1c2c(c(=O)n(CCCc3cnn(Cc4cccc(Cl)c4)c3)c1=O)CC(Cl)=N2. The van der Waals surface area contributed by atoms with Crippen molar-refractivity contribution in [2.45, 2.75) is 65.1 Å². The van der Waals surface area contributed by atoms with Crippen molar-refractivity contribution in [3.63, 3.8) is 0 Å². The fraction of sp³-hybridized carbons (Fsp3) is 0.417. The van der Waals surface area contributed by atoms with E-state index in [1.54, 1.807) is 4.57 Å². The van der Waals surface area contributed by atoms with Gasteiger partial charge in [0.1, 0.15) is 11.0 Å². The molecule has 0 unspecified atom stereocenters. The third kappa shape index (κ3) is 5.47. The average Bonchev–Trinajstić information content (AvgIpc) is 3.39. The number of aliphatic imine (C=N–C) groups is 1. The van der Waals surface area contributed by atoms with Crippen LogP contribution in [0.1, 0.15) is 49.3 Å². The first-order chi connectivity index (χ1) is 16.0. The van der Waals surface area contributed by atoms with Gasteiger partial charge in [0, 0.05) is 30.7 Å². The van der Waals surface area contributed by atoms with Gasteiger partial charge in [-0.2, -0.15) is 5.10 Å². The summed E-state index contributed by atoms with van der Waals surface area (Å²) in [4.78, 5) is 30.4. The minimum absolute atomic E-state index is 0.280. The standard InChI is InChI=1S/C24H27Cl2N5O2/c1-2-3-4-10-30-22-20(13-21(26)28-22)23(32)31(24(30)33)11-6-8-18-14-27-29(16-18)15-17-7-5-9-19(25)12-17/h5,7,9,12,14,16H,2-4,6,8,10-11,13,15H2,1H3. The number of nitrogens with zero attached hydrogens (tertiary/aromatic N) is 5. The molecule has 3 heterocycles. The van der Waals surface area contributed by atoms with Crippen LogP contribution >= 0.6 is 23.2 Å². The molecule has 33 heavy (non-hydrogen) atoms. The summed E-state index contributed by atoms with van der Waals surface area (Å²) in [6.45, 7) is 3.63. The lowest BCUT2D eigenvalue weighted by atomic mass is 10.2. The van der Waals surface area contributed by atoms with Crippen molar-refractivity contribution in [2.24, 2.45) is 4.99 Å². The maximum absolute atomic E-state index is 13.1. The number of fused-ring (bicyclic) bond motifs is 1. The zero-order chi connectivity index (χ0) is 23.4. The quantitative estimate of drug-likeness (QED) is 0.393. The minimum Gasteiger partial charge on any atom is -0.278 e. The van der Waals surface area contributed by atoms with E-state index >= 15 is 0 Å². The lowest BCUT2D eigenvalue weighted by molar-refractivity contribution is 0.513. The third-order valence-corrected chi connectivity index (χ3v) is 6.25. The highest BCUT2D eigenvalue weighted by Crippen LogP contribution is 2.24. The molecule has 1 aromatic carbocycles. The Hall–Kier alpha value is -2.64. The Kier molecular flexibility index (Phi) is 7.50. The molecule has 0 saturated heterocycles. The van der Waals surface area contributed by atoms with Crippen molar-refractivity contribution >= 4 is 34.2 Å². The van der Waals surface area contributed by atoms with Gasteiger partial charge in [-0.05, 0) is 42.5 Å². The van der Waals surface area contributed by atoms with Gasteiger partial charge in [-0.25, -0.2) is 9.79 Å². The van der Waals surface area contributed by atoms with Crippen molar-refractivity contribution < 1.29 is 0 Å². The van der Waals surface area contributed by atoms with E-state index < -0.39 is 0 Å². The zero-order valence-corrected chi connectivity index (χ0v) is 20.1. The van der Waals surface area contributed by atoms with Crippen molar-refractivity contribution in [3.8, 4) is 0 Å². The van der Waals surface area contributed by atoms with Gasteiger partial charge in [-0.3, -0.25) is 18.6 Å². The van der Waals surface area contributed by atoms with Gasteiger partial charge >= 0.3 is 5.69 Å². The van der Waals surface area contributed by atoms with Gasteiger partial charge in [-0.15, -0.1) is 0 Å². The summed E-state index contributed by atoms with van der Waals surface area (Å²) in [6.07, 6.45) is 8.39. The van der Waals surface area contributed by atoms with Crippen LogP contribution in [0.5, 0.6) is 0 Å². The number of aromatic nitrogens is 4. The van der Waals surface area contributed by atoms with E-state index in [9.17, 15) is 9.59 Å². The Morgan fingerprint density at radius 3 is 2.64 bits per heavy atom. The van der Waals surface area contributed by atoms with E-state index in [0.717, 1.165) is 30.4 Å². The molecule has 3 aromatic rings. The van der Waals surface area contributed by atoms with Crippen LogP contribution in [0, 0.1) is 0 Å². The molecule has 0 fully saturated rings. The highest BCUT2D eigenvalue weighted by Gasteiger charge is 2.24. The highest BCUT2D eigenvalue weighted by molar-refractivity contribution is 6.66. The number of halogens is 2. The van der Waals surface area contributed by atoms with Gasteiger partial charge in [0.15, 0.2) is 0 Å². The summed E-state index contributed by atoms with van der Waals surface area (Å²) >= 11 is 12.2. The molecule has 0 saturated carbocycles. The fourth-order valence-electron chi connectivity index (χ4n) is 4.13. The van der Waals surface area contributed by atoms with E-state index in [1.807, 2.05) is 41.3 Å². The van der Waals surface area contributed by atoms with Crippen LogP contribution in [0.2, 0.25) is 5.02 Å². The molecule has 0 bridgehead atoms. The number of hydrogen-bond donors (Lipinski definition) is 0. The monoisotopic (exact) mass is 487 g/mol. The van der Waals surface area contributed by atoms with Crippen LogP contribution in [0.15, 0.2) is 51.2 Å². The molecule has 1 aliphatic heterocycles. The Morgan fingerprint density at radius 1 is 1.03 bits per heavy atom. The Balaban J connectivity index is 1.45. The van der Waals surface area contributed by atoms with Crippen molar-refractivity contribution in [1.82, 2.24) is 18.9 Å². The zero-order valence-electron chi connectivity index (χ0n) is 18.6. The van der Waals surface area contributed by atoms with Gasteiger partial charge in [0.05, 0.1) is 18.3 Å². The number of hydrogen-bond acceptors (Lipinski definition) is 4. The molecule has 7 nitrogen and oxygen atoms in total. The second kappa shape index (κ2) is 10.5. The van der Waals surface area contributed by atoms with Crippen LogP contribution in [-0.4, -0.2) is 24.1 Å². The van der Waals surface area contributed by atoms with Gasteiger partial charge in [0.2, 0.25) is 0 Å². The van der Waals surface area contributed by atoms with Crippen molar-refractivity contribution in [1.29, 1.82) is 0 Å². The molecule has 0 atom stereocenters. The summed E-state index contributed by atoms with van der Waals surface area (Å²) < 4.78 is 4.82. The Labute approximate surface area is 202 Å². The Morgan fingerprint density at radius 2 is 1.85 bits per heavy atom. The molecular formula is C24H27Cl2N5O2. The van der Waals surface area contributed by atoms with Crippen LogP contribution in [0.4, 0.5) is 5.82 Å². The van der Waals surface area contributed by atoms with Crippen molar-refractivity contribution in [2.75, 3.05) is 0 Å². The molecule has 0 amide bonds. The lowest BCUT2D eigenvalue weighted by Crippen LogP contribution is -2.41. The number of aryl methyl sites for hydroxylation is 1. The van der Waals surface area contributed by atoms with Gasteiger partial charge < -0.3 is 0 Å². The van der Waals surface area contributed by atoms with Crippen LogP contribution < -0.4 is 11.2 Å². The first-order valence-corrected chi connectivity index (χ1v) is 12.1. The molecule has 1 aliphatic rings. The van der Waals surface area contributed by atoms with Crippen molar-refractivity contribution in [3.05, 3.63) is 79.2 Å². The van der Waals surface area contributed by atoms with E-state index in [-0.39, 0.29) is 11.2 Å². The molecule has 174 valence electrons. The van der Waals surface area contributed by atoms with E-state index in [4.69, 9.17) is 23.2 Å². The maximum atomic E-state index is 13.1. The molecule has 0 radical (unpaired) electrons. The summed E-state index contributed by atoms with van der Waals surface area (Å²) in [5, 5.41) is 5.48. The molecule has 9 heteroatoms. The molecule has 0 spiro atoms. The van der Waals surface area contributed by atoms with Crippen LogP contribution in [-0.2, 0) is 32.5 Å². The first kappa shape index (κ1) is 23.5. The predicted octanol–water partition coefficient (Wildman–Crippen LogP) is 4.56. The largest absolute Gasteiger partial charge is 0.332 e. The summed E-state index contributed by atoms with van der Waals surface area (Å²) in [6, 6.07) is 7.70. The number of benzene rings is 1. The third-order valence-electron chi connectivity index (χ3n) is 5.79. The van der Waals surface area contributed by atoms with Gasteiger partial charge in [-0.1, -0.05) is 55.1 Å². The fourth-order valence-corrected chi connectivity index (χ4v) is 4.56. The average molecular weight is 488 g/mol. The molecule has 2 aromatic heterocycles. The molecule has 0 N–H and O–H groups in total.